The maximum absolute atomic E-state index is 12.5. The van der Waals surface area contributed by atoms with Crippen LogP contribution in [0.2, 0.25) is 0 Å². The van der Waals surface area contributed by atoms with Gasteiger partial charge in [-0.15, -0.1) is 0 Å². The van der Waals surface area contributed by atoms with Gasteiger partial charge in [0.15, 0.2) is 6.10 Å². The van der Waals surface area contributed by atoms with Gasteiger partial charge >= 0.3 is 0 Å². The van der Waals surface area contributed by atoms with E-state index < -0.39 is 16.1 Å². The van der Waals surface area contributed by atoms with Crippen LogP contribution in [0.4, 0.5) is 5.69 Å². The van der Waals surface area contributed by atoms with Crippen LogP contribution in [0.3, 0.4) is 0 Å². The van der Waals surface area contributed by atoms with Crippen LogP contribution in [-0.4, -0.2) is 77.5 Å². The average molecular weight is 397 g/mol. The zero-order chi connectivity index (χ0) is 19.3. The number of hydrogen-bond acceptors (Lipinski definition) is 6. The molecule has 9 heteroatoms. The molecule has 0 bridgehead atoms. The van der Waals surface area contributed by atoms with Gasteiger partial charge in [-0.1, -0.05) is 12.1 Å². The Balaban J connectivity index is 1.55. The number of morpholine rings is 1. The highest BCUT2D eigenvalue weighted by Gasteiger charge is 2.30. The summed E-state index contributed by atoms with van der Waals surface area (Å²) in [6, 6.07) is 6.91. The molecule has 0 spiro atoms. The Morgan fingerprint density at radius 1 is 1.22 bits per heavy atom. The molecule has 3 rings (SSSR count). The molecule has 1 fully saturated rings. The van der Waals surface area contributed by atoms with E-state index in [2.05, 4.69) is 10.2 Å². The molecule has 1 amide bonds. The first kappa shape index (κ1) is 19.9. The van der Waals surface area contributed by atoms with E-state index in [9.17, 15) is 13.2 Å². The third-order valence-electron chi connectivity index (χ3n) is 4.74. The third-order valence-corrected chi connectivity index (χ3v) is 5.92. The molecule has 2 aliphatic rings. The molecule has 1 N–H and O–H groups in total. The minimum absolute atomic E-state index is 0.206. The lowest BCUT2D eigenvalue weighted by Crippen LogP contribution is -2.41. The van der Waals surface area contributed by atoms with Gasteiger partial charge in [0.1, 0.15) is 5.75 Å². The fraction of sp³-hybridized carbons (Fsp3) is 0.611. The van der Waals surface area contributed by atoms with E-state index in [-0.39, 0.29) is 12.5 Å². The van der Waals surface area contributed by atoms with Crippen molar-refractivity contribution in [2.75, 3.05) is 56.5 Å². The molecule has 0 saturated carbocycles. The lowest BCUT2D eigenvalue weighted by atomic mass is 10.2. The van der Waals surface area contributed by atoms with E-state index in [1.165, 1.54) is 4.31 Å². The molecule has 1 aromatic rings. The highest BCUT2D eigenvalue weighted by molar-refractivity contribution is 7.92. The second kappa shape index (κ2) is 8.90. The van der Waals surface area contributed by atoms with Crippen LogP contribution in [0.1, 0.15) is 12.8 Å². The number of hydrogen-bond donors (Lipinski definition) is 1. The molecule has 2 aliphatic heterocycles. The van der Waals surface area contributed by atoms with Gasteiger partial charge in [0.05, 0.1) is 25.2 Å². The smallest absolute Gasteiger partial charge is 0.261 e. The Labute approximate surface area is 160 Å². The molecule has 0 radical (unpaired) electrons. The number of carbonyl (C=O) groups excluding carboxylic acids is 1. The molecule has 2 heterocycles. The summed E-state index contributed by atoms with van der Waals surface area (Å²) in [5.74, 6) is 0.205. The summed E-state index contributed by atoms with van der Waals surface area (Å²) in [6.45, 7) is 5.07. The zero-order valence-electron chi connectivity index (χ0n) is 15.6. The lowest BCUT2D eigenvalue weighted by Gasteiger charge is -2.26. The predicted molar refractivity (Wildman–Crippen MR) is 103 cm³/mol. The van der Waals surface area contributed by atoms with Gasteiger partial charge < -0.3 is 14.8 Å². The van der Waals surface area contributed by atoms with E-state index in [1.807, 2.05) is 0 Å². The number of nitrogens with one attached hydrogen (secondary N) is 1. The standard InChI is InChI=1S/C18H27N3O5S/c1-27(23,24)21-10-7-17(26-16-6-3-2-5-15(16)21)18(22)19-8-4-9-20-11-13-25-14-12-20/h2-3,5-6,17H,4,7-14H2,1H3,(H,19,22)/t17-/m1/s1. The van der Waals surface area contributed by atoms with Crippen molar-refractivity contribution in [3.63, 3.8) is 0 Å². The van der Waals surface area contributed by atoms with E-state index in [0.29, 0.717) is 24.4 Å². The number of rotatable bonds is 6. The molecular formula is C18H27N3O5S. The highest BCUT2D eigenvalue weighted by atomic mass is 32.2. The number of carbonyl (C=O) groups is 1. The number of benzene rings is 1. The monoisotopic (exact) mass is 397 g/mol. The summed E-state index contributed by atoms with van der Waals surface area (Å²) in [7, 11) is -3.44. The van der Waals surface area contributed by atoms with Crippen molar-refractivity contribution in [3.05, 3.63) is 24.3 Å². The van der Waals surface area contributed by atoms with E-state index in [1.54, 1.807) is 24.3 Å². The maximum atomic E-state index is 12.5. The number of anilines is 1. The van der Waals surface area contributed by atoms with Crippen LogP contribution in [0.15, 0.2) is 24.3 Å². The minimum Gasteiger partial charge on any atom is -0.478 e. The lowest BCUT2D eigenvalue weighted by molar-refractivity contribution is -0.128. The Bertz CT molecular complexity index is 749. The van der Waals surface area contributed by atoms with Crippen molar-refractivity contribution in [3.8, 4) is 5.75 Å². The summed E-state index contributed by atoms with van der Waals surface area (Å²) < 4.78 is 36.7. The summed E-state index contributed by atoms with van der Waals surface area (Å²) >= 11 is 0. The van der Waals surface area contributed by atoms with Crippen molar-refractivity contribution in [2.24, 2.45) is 0 Å². The van der Waals surface area contributed by atoms with Crippen LogP contribution < -0.4 is 14.4 Å². The number of fused-ring (bicyclic) bond motifs is 1. The molecule has 1 saturated heterocycles. The first-order valence-electron chi connectivity index (χ1n) is 9.26. The van der Waals surface area contributed by atoms with Crippen LogP contribution in [0.5, 0.6) is 5.75 Å². The molecule has 150 valence electrons. The maximum Gasteiger partial charge on any atom is 0.261 e. The second-order valence-corrected chi connectivity index (χ2v) is 8.70. The molecular weight excluding hydrogens is 370 g/mol. The van der Waals surface area contributed by atoms with Crippen molar-refractivity contribution in [1.29, 1.82) is 0 Å². The van der Waals surface area contributed by atoms with E-state index in [0.717, 1.165) is 45.5 Å². The van der Waals surface area contributed by atoms with Crippen LogP contribution in [0, 0.1) is 0 Å². The molecule has 8 nitrogen and oxygen atoms in total. The molecule has 27 heavy (non-hydrogen) atoms. The first-order valence-corrected chi connectivity index (χ1v) is 11.1. The zero-order valence-corrected chi connectivity index (χ0v) is 16.4. The number of para-hydroxylation sites is 2. The van der Waals surface area contributed by atoms with Crippen LogP contribution >= 0.6 is 0 Å². The quantitative estimate of drug-likeness (QED) is 0.701. The number of ether oxygens (including phenoxy) is 2. The topological polar surface area (TPSA) is 88.2 Å². The molecule has 0 unspecified atom stereocenters. The summed E-state index contributed by atoms with van der Waals surface area (Å²) in [4.78, 5) is 14.8. The Hall–Kier alpha value is -1.84. The fourth-order valence-corrected chi connectivity index (χ4v) is 4.26. The third kappa shape index (κ3) is 5.33. The fourth-order valence-electron chi connectivity index (χ4n) is 3.31. The molecule has 1 aromatic carbocycles. The molecule has 0 aliphatic carbocycles. The van der Waals surface area contributed by atoms with Crippen molar-refractivity contribution in [1.82, 2.24) is 10.2 Å². The highest BCUT2D eigenvalue weighted by Crippen LogP contribution is 2.33. The van der Waals surface area contributed by atoms with Crippen molar-refractivity contribution in [2.45, 2.75) is 18.9 Å². The minimum atomic E-state index is -3.44. The van der Waals surface area contributed by atoms with E-state index >= 15 is 0 Å². The number of nitrogens with zero attached hydrogens (tertiary/aromatic N) is 2. The van der Waals surface area contributed by atoms with Gasteiger partial charge in [-0.3, -0.25) is 14.0 Å². The number of amides is 1. The summed E-state index contributed by atoms with van der Waals surface area (Å²) in [6.07, 6.45) is 1.61. The average Bonchev–Trinajstić information content (AvgIpc) is 2.85. The normalized spacial score (nSPS) is 21.1. The molecule has 0 aromatic heterocycles. The van der Waals surface area contributed by atoms with Crippen molar-refractivity contribution >= 4 is 21.6 Å². The van der Waals surface area contributed by atoms with E-state index in [4.69, 9.17) is 9.47 Å². The predicted octanol–water partition coefficient (Wildman–Crippen LogP) is 0.442. The first-order chi connectivity index (χ1) is 12.9. The van der Waals surface area contributed by atoms with Gasteiger partial charge in [0.2, 0.25) is 10.0 Å². The van der Waals surface area contributed by atoms with Crippen LogP contribution in [0.25, 0.3) is 0 Å². The Morgan fingerprint density at radius 3 is 2.70 bits per heavy atom. The van der Waals surface area contributed by atoms with Crippen molar-refractivity contribution < 1.29 is 22.7 Å². The second-order valence-electron chi connectivity index (χ2n) is 6.80. The van der Waals surface area contributed by atoms with Gasteiger partial charge in [-0.25, -0.2) is 8.42 Å². The largest absolute Gasteiger partial charge is 0.478 e. The van der Waals surface area contributed by atoms with Gasteiger partial charge in [-0.2, -0.15) is 0 Å². The Morgan fingerprint density at radius 2 is 1.96 bits per heavy atom. The van der Waals surface area contributed by atoms with Crippen LogP contribution in [-0.2, 0) is 19.6 Å². The van der Waals surface area contributed by atoms with Gasteiger partial charge in [0, 0.05) is 32.6 Å². The van der Waals surface area contributed by atoms with Gasteiger partial charge in [0.25, 0.3) is 5.91 Å². The molecule has 1 atom stereocenters. The SMILES string of the molecule is CS(=O)(=O)N1CC[C@H](C(=O)NCCCN2CCOCC2)Oc2ccccc21. The Kier molecular flexibility index (Phi) is 6.56. The summed E-state index contributed by atoms with van der Waals surface area (Å²) in [5.41, 5.74) is 0.475. The number of sulfonamides is 1. The van der Waals surface area contributed by atoms with Gasteiger partial charge in [-0.05, 0) is 25.1 Å². The summed E-state index contributed by atoms with van der Waals surface area (Å²) in [5, 5.41) is 2.91.